The Morgan fingerprint density at radius 3 is 3.12 bits per heavy atom. The Morgan fingerprint density at radius 1 is 1.47 bits per heavy atom. The average molecular weight is 253 g/mol. The Bertz CT molecular complexity index is 354. The van der Waals surface area contributed by atoms with Gasteiger partial charge in [0.1, 0.15) is 0 Å². The highest BCUT2D eigenvalue weighted by Gasteiger charge is 2.19. The smallest absolute Gasteiger partial charge is 0.0570 e. The van der Waals surface area contributed by atoms with Crippen LogP contribution in [0.5, 0.6) is 0 Å². The second-order valence-electron chi connectivity index (χ2n) is 5.03. The van der Waals surface area contributed by atoms with Gasteiger partial charge >= 0.3 is 0 Å². The molecular weight excluding hydrogens is 232 g/mol. The molecule has 1 N–H and O–H groups in total. The lowest BCUT2D eigenvalue weighted by molar-refractivity contribution is 0.345. The third-order valence-corrected chi connectivity index (χ3v) is 3.96. The van der Waals surface area contributed by atoms with E-state index in [0.717, 1.165) is 31.1 Å². The maximum absolute atomic E-state index is 6.19. The highest BCUT2D eigenvalue weighted by atomic mass is 35.5. The second-order valence-corrected chi connectivity index (χ2v) is 5.65. The zero-order chi connectivity index (χ0) is 12.1. The highest BCUT2D eigenvalue weighted by Crippen LogP contribution is 2.27. The van der Waals surface area contributed by atoms with Crippen LogP contribution in [-0.4, -0.2) is 16.9 Å². The van der Waals surface area contributed by atoms with Gasteiger partial charge in [-0.25, -0.2) is 0 Å². The molecule has 2 unspecified atom stereocenters. The first-order valence-corrected chi connectivity index (χ1v) is 6.94. The van der Waals surface area contributed by atoms with Crippen molar-refractivity contribution in [3.8, 4) is 0 Å². The van der Waals surface area contributed by atoms with E-state index in [2.05, 4.69) is 23.3 Å². The predicted octanol–water partition coefficient (Wildman–Crippen LogP) is 3.28. The van der Waals surface area contributed by atoms with Crippen molar-refractivity contribution in [3.63, 3.8) is 0 Å². The molecule has 2 atom stereocenters. The van der Waals surface area contributed by atoms with Crippen molar-refractivity contribution >= 4 is 11.6 Å². The van der Waals surface area contributed by atoms with Crippen LogP contribution < -0.4 is 5.32 Å². The van der Waals surface area contributed by atoms with Gasteiger partial charge in [-0.05, 0) is 50.3 Å². The predicted molar refractivity (Wildman–Crippen MR) is 72.3 cm³/mol. The summed E-state index contributed by atoms with van der Waals surface area (Å²) in [5.74, 6) is 0.746. The summed E-state index contributed by atoms with van der Waals surface area (Å²) in [5, 5.41) is 3.91. The van der Waals surface area contributed by atoms with Crippen molar-refractivity contribution < 1.29 is 0 Å². The Kier molecular flexibility index (Phi) is 4.81. The zero-order valence-corrected chi connectivity index (χ0v) is 11.2. The third-order valence-electron chi connectivity index (χ3n) is 3.56. The zero-order valence-electron chi connectivity index (χ0n) is 10.5. The molecule has 1 aliphatic carbocycles. The van der Waals surface area contributed by atoms with Gasteiger partial charge in [0, 0.05) is 18.1 Å². The standard InChI is InChI=1S/C14H21ClN2/c1-11-4-3-7-17-14(11)10-16-9-12-5-2-6-13(15)8-12/h3-4,7,12-13,16H,2,5-6,8-10H2,1H3. The molecule has 3 heteroatoms. The molecule has 1 aliphatic rings. The summed E-state index contributed by atoms with van der Waals surface area (Å²) >= 11 is 6.19. The van der Waals surface area contributed by atoms with Crippen molar-refractivity contribution in [3.05, 3.63) is 29.6 Å². The van der Waals surface area contributed by atoms with Crippen LogP contribution in [0.25, 0.3) is 0 Å². The fourth-order valence-electron chi connectivity index (χ4n) is 2.51. The second kappa shape index (κ2) is 6.36. The Labute approximate surface area is 109 Å². The first kappa shape index (κ1) is 12.8. The van der Waals surface area contributed by atoms with Crippen molar-refractivity contribution in [2.75, 3.05) is 6.54 Å². The lowest BCUT2D eigenvalue weighted by atomic mass is 9.89. The maximum Gasteiger partial charge on any atom is 0.0570 e. The minimum absolute atomic E-state index is 0.395. The number of halogens is 1. The van der Waals surface area contributed by atoms with E-state index in [1.54, 1.807) is 0 Å². The summed E-state index contributed by atoms with van der Waals surface area (Å²) in [6, 6.07) is 4.09. The molecule has 1 fully saturated rings. The van der Waals surface area contributed by atoms with Gasteiger partial charge in [0.15, 0.2) is 0 Å². The summed E-state index contributed by atoms with van der Waals surface area (Å²) in [7, 11) is 0. The molecule has 1 saturated carbocycles. The molecule has 0 aliphatic heterocycles. The molecule has 1 aromatic rings. The fraction of sp³-hybridized carbons (Fsp3) is 0.643. The van der Waals surface area contributed by atoms with Crippen LogP contribution in [0.2, 0.25) is 0 Å². The van der Waals surface area contributed by atoms with E-state index in [-0.39, 0.29) is 0 Å². The SMILES string of the molecule is Cc1cccnc1CNCC1CCCC(Cl)C1. The van der Waals surface area contributed by atoms with Gasteiger partial charge in [-0.15, -0.1) is 11.6 Å². The van der Waals surface area contributed by atoms with Crippen LogP contribution in [0.15, 0.2) is 18.3 Å². The number of aromatic nitrogens is 1. The molecule has 94 valence electrons. The van der Waals surface area contributed by atoms with Crippen LogP contribution >= 0.6 is 11.6 Å². The van der Waals surface area contributed by atoms with E-state index >= 15 is 0 Å². The molecule has 2 rings (SSSR count). The lowest BCUT2D eigenvalue weighted by Gasteiger charge is -2.25. The molecule has 0 saturated heterocycles. The van der Waals surface area contributed by atoms with Crippen molar-refractivity contribution in [2.24, 2.45) is 5.92 Å². The van der Waals surface area contributed by atoms with E-state index in [0.29, 0.717) is 5.38 Å². The fourth-order valence-corrected chi connectivity index (χ4v) is 2.92. The molecule has 17 heavy (non-hydrogen) atoms. The summed E-state index contributed by atoms with van der Waals surface area (Å²) in [4.78, 5) is 4.39. The normalized spacial score (nSPS) is 24.8. The van der Waals surface area contributed by atoms with E-state index in [9.17, 15) is 0 Å². The molecule has 0 aromatic carbocycles. The first-order chi connectivity index (χ1) is 8.25. The summed E-state index contributed by atoms with van der Waals surface area (Å²) in [6.07, 6.45) is 6.81. The number of rotatable bonds is 4. The average Bonchev–Trinajstić information content (AvgIpc) is 2.32. The largest absolute Gasteiger partial charge is 0.311 e. The minimum atomic E-state index is 0.395. The summed E-state index contributed by atoms with van der Waals surface area (Å²) in [5.41, 5.74) is 2.42. The minimum Gasteiger partial charge on any atom is -0.311 e. The Morgan fingerprint density at radius 2 is 2.35 bits per heavy atom. The number of nitrogens with one attached hydrogen (secondary N) is 1. The topological polar surface area (TPSA) is 24.9 Å². The number of pyridine rings is 1. The van der Waals surface area contributed by atoms with E-state index in [1.165, 1.54) is 24.8 Å². The molecule has 0 spiro atoms. The van der Waals surface area contributed by atoms with Crippen LogP contribution in [0, 0.1) is 12.8 Å². The van der Waals surface area contributed by atoms with E-state index in [1.807, 2.05) is 12.3 Å². The van der Waals surface area contributed by atoms with E-state index in [4.69, 9.17) is 11.6 Å². The van der Waals surface area contributed by atoms with Crippen LogP contribution in [0.4, 0.5) is 0 Å². The van der Waals surface area contributed by atoms with Crippen LogP contribution in [-0.2, 0) is 6.54 Å². The number of hydrogen-bond donors (Lipinski definition) is 1. The molecule has 1 aromatic heterocycles. The molecule has 0 amide bonds. The monoisotopic (exact) mass is 252 g/mol. The van der Waals surface area contributed by atoms with Crippen molar-refractivity contribution in [1.82, 2.24) is 10.3 Å². The number of aryl methyl sites for hydroxylation is 1. The van der Waals surface area contributed by atoms with Gasteiger partial charge in [0.25, 0.3) is 0 Å². The van der Waals surface area contributed by atoms with Crippen LogP contribution in [0.1, 0.15) is 36.9 Å². The van der Waals surface area contributed by atoms with Gasteiger partial charge < -0.3 is 5.32 Å². The molecule has 1 heterocycles. The quantitative estimate of drug-likeness (QED) is 0.832. The number of hydrogen-bond acceptors (Lipinski definition) is 2. The van der Waals surface area contributed by atoms with E-state index < -0.39 is 0 Å². The third kappa shape index (κ3) is 3.97. The van der Waals surface area contributed by atoms with Gasteiger partial charge in [-0.1, -0.05) is 12.5 Å². The van der Waals surface area contributed by atoms with Crippen molar-refractivity contribution in [2.45, 2.75) is 44.5 Å². The lowest BCUT2D eigenvalue weighted by Crippen LogP contribution is -2.27. The van der Waals surface area contributed by atoms with Crippen LogP contribution in [0.3, 0.4) is 0 Å². The first-order valence-electron chi connectivity index (χ1n) is 6.51. The molecular formula is C14H21ClN2. The number of alkyl halides is 1. The highest BCUT2D eigenvalue weighted by molar-refractivity contribution is 6.20. The van der Waals surface area contributed by atoms with Gasteiger partial charge in [0.2, 0.25) is 0 Å². The molecule has 0 radical (unpaired) electrons. The Balaban J connectivity index is 1.74. The van der Waals surface area contributed by atoms with Gasteiger partial charge in [0.05, 0.1) is 5.69 Å². The number of nitrogens with zero attached hydrogens (tertiary/aromatic N) is 1. The van der Waals surface area contributed by atoms with Gasteiger partial charge in [-0.3, -0.25) is 4.98 Å². The van der Waals surface area contributed by atoms with Gasteiger partial charge in [-0.2, -0.15) is 0 Å². The maximum atomic E-state index is 6.19. The Hall–Kier alpha value is -0.600. The molecule has 2 nitrogen and oxygen atoms in total. The van der Waals surface area contributed by atoms with Crippen molar-refractivity contribution in [1.29, 1.82) is 0 Å². The summed E-state index contributed by atoms with van der Waals surface area (Å²) in [6.45, 7) is 4.05. The molecule has 0 bridgehead atoms. The summed E-state index contributed by atoms with van der Waals surface area (Å²) < 4.78 is 0.